The molecule has 4 N–H and O–H groups in total. The Balaban J connectivity index is 1.41. The molecule has 1 fully saturated rings. The summed E-state index contributed by atoms with van der Waals surface area (Å²) < 4.78 is 5.79. The maximum absolute atomic E-state index is 13.5. The SMILES string of the molecule is NCCCCC(=O)Nc1cccc(C(O)(C(=O)OCC2CCN(Cc3ccccc3)CC2)c2ccccc2)c1. The first-order chi connectivity index (χ1) is 19.0. The Kier molecular flexibility index (Phi) is 10.3. The first-order valence-electron chi connectivity index (χ1n) is 13.8. The lowest BCUT2D eigenvalue weighted by Crippen LogP contribution is -2.40. The summed E-state index contributed by atoms with van der Waals surface area (Å²) >= 11 is 0. The molecule has 3 aromatic carbocycles. The van der Waals surface area contributed by atoms with Crippen LogP contribution < -0.4 is 11.1 Å². The van der Waals surface area contributed by atoms with Crippen LogP contribution in [0.25, 0.3) is 0 Å². The molecule has 39 heavy (non-hydrogen) atoms. The second-order valence-corrected chi connectivity index (χ2v) is 10.3. The van der Waals surface area contributed by atoms with Gasteiger partial charge < -0.3 is 20.9 Å². The van der Waals surface area contributed by atoms with Gasteiger partial charge in [-0.3, -0.25) is 9.69 Å². The molecule has 7 nitrogen and oxygen atoms in total. The van der Waals surface area contributed by atoms with Crippen molar-refractivity contribution >= 4 is 17.6 Å². The summed E-state index contributed by atoms with van der Waals surface area (Å²) in [5, 5.41) is 14.7. The first kappa shape index (κ1) is 28.5. The van der Waals surface area contributed by atoms with E-state index in [-0.39, 0.29) is 18.4 Å². The molecular weight excluding hydrogens is 490 g/mol. The van der Waals surface area contributed by atoms with Gasteiger partial charge in [0, 0.05) is 24.2 Å². The molecule has 1 aliphatic heterocycles. The summed E-state index contributed by atoms with van der Waals surface area (Å²) in [4.78, 5) is 28.3. The summed E-state index contributed by atoms with van der Waals surface area (Å²) in [5.74, 6) is -0.614. The van der Waals surface area contributed by atoms with E-state index in [0.717, 1.165) is 38.9 Å². The second-order valence-electron chi connectivity index (χ2n) is 10.3. The highest BCUT2D eigenvalue weighted by molar-refractivity contribution is 5.91. The van der Waals surface area contributed by atoms with E-state index >= 15 is 0 Å². The zero-order valence-corrected chi connectivity index (χ0v) is 22.4. The van der Waals surface area contributed by atoms with Crippen LogP contribution in [0.2, 0.25) is 0 Å². The number of anilines is 1. The second kappa shape index (κ2) is 14.0. The normalized spacial score (nSPS) is 15.8. The standard InChI is InChI=1S/C32H39N3O4/c33-19-8-7-16-30(36)34-29-15-9-14-28(22-29)32(38,27-12-5-2-6-13-27)31(37)39-24-26-17-20-35(21-18-26)23-25-10-3-1-4-11-25/h1-6,9-15,22,26,38H,7-8,16-21,23-24,33H2,(H,34,36). The van der Waals surface area contributed by atoms with Crippen molar-refractivity contribution in [1.29, 1.82) is 0 Å². The Bertz CT molecular complexity index is 1200. The van der Waals surface area contributed by atoms with Gasteiger partial charge >= 0.3 is 5.97 Å². The van der Waals surface area contributed by atoms with Crippen molar-refractivity contribution in [2.75, 3.05) is 31.6 Å². The van der Waals surface area contributed by atoms with Gasteiger partial charge in [-0.15, -0.1) is 0 Å². The van der Waals surface area contributed by atoms with E-state index in [9.17, 15) is 14.7 Å². The van der Waals surface area contributed by atoms with Crippen molar-refractivity contribution in [2.24, 2.45) is 11.7 Å². The molecule has 1 atom stereocenters. The van der Waals surface area contributed by atoms with Crippen LogP contribution in [0.5, 0.6) is 0 Å². The average Bonchev–Trinajstić information content (AvgIpc) is 2.97. The molecule has 0 spiro atoms. The van der Waals surface area contributed by atoms with Crippen LogP contribution in [0.3, 0.4) is 0 Å². The molecule has 1 unspecified atom stereocenters. The smallest absolute Gasteiger partial charge is 0.347 e. The maximum Gasteiger partial charge on any atom is 0.347 e. The van der Waals surface area contributed by atoms with Crippen molar-refractivity contribution in [2.45, 2.75) is 44.2 Å². The fourth-order valence-electron chi connectivity index (χ4n) is 5.01. The molecule has 1 amide bonds. The van der Waals surface area contributed by atoms with Gasteiger partial charge in [0.15, 0.2) is 0 Å². The largest absolute Gasteiger partial charge is 0.463 e. The number of carbonyl (C=O) groups excluding carboxylic acids is 2. The molecule has 206 valence electrons. The minimum atomic E-state index is -2.00. The van der Waals surface area contributed by atoms with Crippen molar-refractivity contribution in [3.05, 3.63) is 102 Å². The van der Waals surface area contributed by atoms with Gasteiger partial charge in [-0.2, -0.15) is 0 Å². The maximum atomic E-state index is 13.5. The number of carbonyl (C=O) groups is 2. The van der Waals surface area contributed by atoms with Gasteiger partial charge in [-0.05, 0) is 74.5 Å². The summed E-state index contributed by atoms with van der Waals surface area (Å²) in [6.07, 6.45) is 3.69. The van der Waals surface area contributed by atoms with Crippen molar-refractivity contribution in [3.63, 3.8) is 0 Å². The van der Waals surface area contributed by atoms with Crippen molar-refractivity contribution in [1.82, 2.24) is 4.90 Å². The number of amides is 1. The van der Waals surface area contributed by atoms with Gasteiger partial charge in [-0.25, -0.2) is 4.79 Å². The Labute approximate surface area is 231 Å². The number of esters is 1. The lowest BCUT2D eigenvalue weighted by atomic mass is 9.86. The molecule has 0 saturated carbocycles. The molecule has 0 radical (unpaired) electrons. The fraction of sp³-hybridized carbons (Fsp3) is 0.375. The number of hydrogen-bond acceptors (Lipinski definition) is 6. The number of piperidine rings is 1. The van der Waals surface area contributed by atoms with Gasteiger partial charge in [0.25, 0.3) is 0 Å². The summed E-state index contributed by atoms with van der Waals surface area (Å²) in [7, 11) is 0. The number of ether oxygens (including phenoxy) is 1. The fourth-order valence-corrected chi connectivity index (χ4v) is 5.01. The Morgan fingerprint density at radius 1 is 0.923 bits per heavy atom. The number of nitrogens with two attached hydrogens (primary N) is 1. The molecule has 4 rings (SSSR count). The van der Waals surface area contributed by atoms with Gasteiger partial charge in [0.1, 0.15) is 0 Å². The molecule has 0 aliphatic carbocycles. The zero-order chi connectivity index (χ0) is 27.5. The summed E-state index contributed by atoms with van der Waals surface area (Å²) in [6.45, 7) is 3.59. The number of rotatable bonds is 12. The Hall–Kier alpha value is -3.52. The third kappa shape index (κ3) is 7.76. The van der Waals surface area contributed by atoms with Crippen molar-refractivity contribution in [3.8, 4) is 0 Å². The number of unbranched alkanes of at least 4 members (excludes halogenated alkanes) is 1. The topological polar surface area (TPSA) is 105 Å². The third-order valence-corrected chi connectivity index (χ3v) is 7.32. The number of nitrogens with zero attached hydrogens (tertiary/aromatic N) is 1. The van der Waals surface area contributed by atoms with Crippen molar-refractivity contribution < 1.29 is 19.4 Å². The quantitative estimate of drug-likeness (QED) is 0.237. The van der Waals surface area contributed by atoms with E-state index in [1.807, 2.05) is 12.1 Å². The van der Waals surface area contributed by atoms with Crippen LogP contribution in [0.1, 0.15) is 48.8 Å². The van der Waals surface area contributed by atoms with Crippen LogP contribution in [-0.4, -0.2) is 48.1 Å². The predicted octanol–water partition coefficient (Wildman–Crippen LogP) is 4.45. The van der Waals surface area contributed by atoms with Gasteiger partial charge in [0.05, 0.1) is 6.61 Å². The number of hydrogen-bond donors (Lipinski definition) is 3. The molecule has 1 aliphatic rings. The van der Waals surface area contributed by atoms with E-state index in [0.29, 0.717) is 36.2 Å². The molecule has 7 heteroatoms. The average molecular weight is 530 g/mol. The highest BCUT2D eigenvalue weighted by Gasteiger charge is 2.42. The Morgan fingerprint density at radius 2 is 1.59 bits per heavy atom. The van der Waals surface area contributed by atoms with E-state index in [2.05, 4.69) is 34.5 Å². The van der Waals surface area contributed by atoms with Gasteiger partial charge in [-0.1, -0.05) is 72.8 Å². The number of likely N-dealkylation sites (tertiary alicyclic amines) is 1. The van der Waals surface area contributed by atoms with Crippen LogP contribution in [0.15, 0.2) is 84.9 Å². The van der Waals surface area contributed by atoms with Crippen LogP contribution >= 0.6 is 0 Å². The predicted molar refractivity (Wildman–Crippen MR) is 153 cm³/mol. The third-order valence-electron chi connectivity index (χ3n) is 7.32. The van der Waals surface area contributed by atoms with Crippen LogP contribution in [-0.2, 0) is 26.5 Å². The minimum Gasteiger partial charge on any atom is -0.463 e. The van der Waals surface area contributed by atoms with E-state index in [4.69, 9.17) is 10.5 Å². The molecule has 0 bridgehead atoms. The lowest BCUT2D eigenvalue weighted by molar-refractivity contribution is -0.164. The monoisotopic (exact) mass is 529 g/mol. The minimum absolute atomic E-state index is 0.134. The molecule has 0 aromatic heterocycles. The number of nitrogens with one attached hydrogen (secondary N) is 1. The van der Waals surface area contributed by atoms with Crippen LogP contribution in [0.4, 0.5) is 5.69 Å². The number of aliphatic hydroxyl groups is 1. The number of benzene rings is 3. The van der Waals surface area contributed by atoms with E-state index in [1.165, 1.54) is 5.56 Å². The Morgan fingerprint density at radius 3 is 2.28 bits per heavy atom. The van der Waals surface area contributed by atoms with Crippen LogP contribution in [0, 0.1) is 5.92 Å². The summed E-state index contributed by atoms with van der Waals surface area (Å²) in [5.41, 5.74) is 6.08. The van der Waals surface area contributed by atoms with E-state index in [1.54, 1.807) is 48.5 Å². The van der Waals surface area contributed by atoms with Gasteiger partial charge in [0.2, 0.25) is 11.5 Å². The zero-order valence-electron chi connectivity index (χ0n) is 22.4. The highest BCUT2D eigenvalue weighted by Crippen LogP contribution is 2.33. The molecule has 1 saturated heterocycles. The molecular formula is C32H39N3O4. The first-order valence-corrected chi connectivity index (χ1v) is 13.8. The molecule has 1 heterocycles. The lowest BCUT2D eigenvalue weighted by Gasteiger charge is -2.33. The molecule has 3 aromatic rings. The van der Waals surface area contributed by atoms with E-state index < -0.39 is 11.6 Å². The highest BCUT2D eigenvalue weighted by atomic mass is 16.5. The summed E-state index contributed by atoms with van der Waals surface area (Å²) in [6, 6.07) is 26.0.